The van der Waals surface area contributed by atoms with E-state index in [0.29, 0.717) is 12.6 Å². The van der Waals surface area contributed by atoms with E-state index in [2.05, 4.69) is 9.80 Å². The average Bonchev–Trinajstić information content (AvgIpc) is 3.16. The number of piperidine rings is 1. The minimum Gasteiger partial charge on any atom is -0.454 e. The van der Waals surface area contributed by atoms with Crippen LogP contribution >= 0.6 is 11.6 Å². The second-order valence-electron chi connectivity index (χ2n) is 7.55. The van der Waals surface area contributed by atoms with Gasteiger partial charge in [0, 0.05) is 56.4 Å². The van der Waals surface area contributed by atoms with Crippen LogP contribution in [0, 0.1) is 0 Å². The molecule has 0 spiro atoms. The molecular weight excluding hydrogens is 382 g/mol. The predicted octanol–water partition coefficient (Wildman–Crippen LogP) is 2.81. The molecule has 1 amide bonds. The number of rotatable bonds is 4. The number of amides is 1. The highest BCUT2D eigenvalue weighted by Crippen LogP contribution is 2.37. The van der Waals surface area contributed by atoms with Crippen LogP contribution in [0.5, 0.6) is 11.5 Å². The summed E-state index contributed by atoms with van der Waals surface area (Å²) in [6, 6.07) is 4.38. The van der Waals surface area contributed by atoms with Crippen LogP contribution in [0.4, 0.5) is 4.79 Å². The van der Waals surface area contributed by atoms with Crippen molar-refractivity contribution in [1.82, 2.24) is 14.7 Å². The summed E-state index contributed by atoms with van der Waals surface area (Å²) in [6.45, 7) is 8.73. The van der Waals surface area contributed by atoms with Crippen LogP contribution in [-0.2, 0) is 11.3 Å². The molecule has 2 saturated heterocycles. The maximum Gasteiger partial charge on any atom is 0.409 e. The molecule has 1 aromatic carbocycles. The van der Waals surface area contributed by atoms with Gasteiger partial charge in [-0.05, 0) is 37.9 Å². The molecule has 1 atom stereocenters. The number of piperazine rings is 1. The zero-order chi connectivity index (χ0) is 19.5. The molecule has 1 aromatic rings. The fraction of sp³-hybridized carbons (Fsp3) is 0.650. The Morgan fingerprint density at radius 3 is 2.68 bits per heavy atom. The van der Waals surface area contributed by atoms with E-state index >= 15 is 0 Å². The molecule has 7 nitrogen and oxygen atoms in total. The average molecular weight is 410 g/mol. The lowest BCUT2D eigenvalue weighted by molar-refractivity contribution is 0.0412. The van der Waals surface area contributed by atoms with Crippen LogP contribution in [0.3, 0.4) is 0 Å². The molecule has 154 valence electrons. The Kier molecular flexibility index (Phi) is 6.13. The molecule has 0 saturated carbocycles. The summed E-state index contributed by atoms with van der Waals surface area (Å²) >= 11 is 6.46. The van der Waals surface area contributed by atoms with Gasteiger partial charge in [0.2, 0.25) is 6.79 Å². The minimum atomic E-state index is -0.190. The quantitative estimate of drug-likeness (QED) is 0.762. The van der Waals surface area contributed by atoms with E-state index in [-0.39, 0.29) is 12.9 Å². The third-order valence-corrected chi connectivity index (χ3v) is 6.12. The summed E-state index contributed by atoms with van der Waals surface area (Å²) in [5.74, 6) is 1.51. The van der Waals surface area contributed by atoms with E-state index in [1.807, 2.05) is 24.0 Å². The number of benzene rings is 1. The molecular formula is C20H28ClN3O4. The number of carbonyl (C=O) groups is 1. The number of fused-ring (bicyclic) bond motifs is 1. The number of likely N-dealkylation sites (tertiary alicyclic amines) is 1. The Bertz CT molecular complexity index is 709. The van der Waals surface area contributed by atoms with Gasteiger partial charge in [0.25, 0.3) is 0 Å². The van der Waals surface area contributed by atoms with Crippen molar-refractivity contribution >= 4 is 17.7 Å². The Labute approximate surface area is 171 Å². The maximum absolute atomic E-state index is 11.9. The first-order valence-corrected chi connectivity index (χ1v) is 10.5. The molecule has 28 heavy (non-hydrogen) atoms. The smallest absolute Gasteiger partial charge is 0.409 e. The van der Waals surface area contributed by atoms with Gasteiger partial charge in [-0.2, -0.15) is 0 Å². The van der Waals surface area contributed by atoms with Crippen molar-refractivity contribution in [3.8, 4) is 11.5 Å². The summed E-state index contributed by atoms with van der Waals surface area (Å²) in [5, 5.41) is 0.731. The molecule has 0 unspecified atom stereocenters. The van der Waals surface area contributed by atoms with E-state index in [1.165, 1.54) is 12.8 Å². The van der Waals surface area contributed by atoms with Crippen LogP contribution in [0.15, 0.2) is 12.1 Å². The van der Waals surface area contributed by atoms with Gasteiger partial charge < -0.3 is 19.1 Å². The third kappa shape index (κ3) is 4.31. The van der Waals surface area contributed by atoms with Gasteiger partial charge in [0.15, 0.2) is 11.5 Å². The van der Waals surface area contributed by atoms with Crippen molar-refractivity contribution in [2.75, 3.05) is 52.7 Å². The molecule has 3 aliphatic rings. The number of hydrogen-bond donors (Lipinski definition) is 0. The zero-order valence-corrected chi connectivity index (χ0v) is 17.1. The second-order valence-corrected chi connectivity index (χ2v) is 7.96. The Hall–Kier alpha value is -1.70. The van der Waals surface area contributed by atoms with E-state index in [1.54, 1.807) is 0 Å². The lowest BCUT2D eigenvalue weighted by atomic mass is 10.0. The summed E-state index contributed by atoms with van der Waals surface area (Å²) in [4.78, 5) is 18.7. The molecule has 8 heteroatoms. The van der Waals surface area contributed by atoms with E-state index in [9.17, 15) is 4.79 Å². The Balaban J connectivity index is 1.32. The first-order valence-electron chi connectivity index (χ1n) is 10.1. The van der Waals surface area contributed by atoms with E-state index in [4.69, 9.17) is 25.8 Å². The normalized spacial score (nSPS) is 23.1. The lowest BCUT2D eigenvalue weighted by Crippen LogP contribution is -2.55. The zero-order valence-electron chi connectivity index (χ0n) is 16.4. The summed E-state index contributed by atoms with van der Waals surface area (Å²) < 4.78 is 16.0. The van der Waals surface area contributed by atoms with E-state index < -0.39 is 0 Å². The van der Waals surface area contributed by atoms with Crippen molar-refractivity contribution in [1.29, 1.82) is 0 Å². The fourth-order valence-electron chi connectivity index (χ4n) is 4.28. The Morgan fingerprint density at radius 2 is 1.93 bits per heavy atom. The van der Waals surface area contributed by atoms with Crippen LogP contribution in [-0.4, -0.2) is 79.5 Å². The van der Waals surface area contributed by atoms with Gasteiger partial charge in [-0.15, -0.1) is 0 Å². The van der Waals surface area contributed by atoms with Gasteiger partial charge in [-0.3, -0.25) is 9.80 Å². The second kappa shape index (κ2) is 8.76. The molecule has 0 aliphatic carbocycles. The summed E-state index contributed by atoms with van der Waals surface area (Å²) in [6.07, 6.45) is 2.18. The van der Waals surface area contributed by atoms with Crippen molar-refractivity contribution in [3.05, 3.63) is 22.7 Å². The highest BCUT2D eigenvalue weighted by Gasteiger charge is 2.30. The minimum absolute atomic E-state index is 0.190. The monoisotopic (exact) mass is 409 g/mol. The van der Waals surface area contributed by atoms with Crippen molar-refractivity contribution in [3.63, 3.8) is 0 Å². The molecule has 0 aromatic heterocycles. The topological polar surface area (TPSA) is 54.5 Å². The van der Waals surface area contributed by atoms with Gasteiger partial charge in [-0.1, -0.05) is 11.6 Å². The number of ether oxygens (including phenoxy) is 3. The van der Waals surface area contributed by atoms with Gasteiger partial charge in [0.05, 0.1) is 6.61 Å². The standard InChI is InChI=1S/C20H28ClN3O4/c1-2-26-20(25)24-8-6-23(7-9-24)16-4-3-5-22(13-16)12-15-10-18-19(11-17(15)21)28-14-27-18/h10-11,16H,2-9,12-14H2,1H3/t16-/m0/s1. The molecule has 0 radical (unpaired) electrons. The molecule has 3 heterocycles. The van der Waals surface area contributed by atoms with Crippen LogP contribution in [0.2, 0.25) is 5.02 Å². The first-order chi connectivity index (χ1) is 13.6. The number of halogens is 1. The lowest BCUT2D eigenvalue weighted by Gasteiger charge is -2.43. The SMILES string of the molecule is CCOC(=O)N1CCN([C@H]2CCCN(Cc3cc4c(cc3Cl)OCO4)C2)CC1. The highest BCUT2D eigenvalue weighted by atomic mass is 35.5. The molecule has 0 bridgehead atoms. The van der Waals surface area contributed by atoms with Crippen molar-refractivity contribution < 1.29 is 19.0 Å². The summed E-state index contributed by atoms with van der Waals surface area (Å²) in [5.41, 5.74) is 1.08. The molecule has 2 fully saturated rings. The van der Waals surface area contributed by atoms with Crippen molar-refractivity contribution in [2.45, 2.75) is 32.4 Å². The molecule has 0 N–H and O–H groups in total. The van der Waals surface area contributed by atoms with Crippen molar-refractivity contribution in [2.24, 2.45) is 0 Å². The maximum atomic E-state index is 11.9. The Morgan fingerprint density at radius 1 is 1.18 bits per heavy atom. The highest BCUT2D eigenvalue weighted by molar-refractivity contribution is 6.31. The number of hydrogen-bond acceptors (Lipinski definition) is 6. The van der Waals surface area contributed by atoms with E-state index in [0.717, 1.165) is 67.9 Å². The predicted molar refractivity (Wildman–Crippen MR) is 106 cm³/mol. The summed E-state index contributed by atoms with van der Waals surface area (Å²) in [7, 11) is 0. The van der Waals surface area contributed by atoms with Gasteiger partial charge in [-0.25, -0.2) is 4.79 Å². The number of carbonyl (C=O) groups excluding carboxylic acids is 1. The third-order valence-electron chi connectivity index (χ3n) is 5.77. The van der Waals surface area contributed by atoms with Gasteiger partial charge >= 0.3 is 6.09 Å². The van der Waals surface area contributed by atoms with Crippen LogP contribution in [0.1, 0.15) is 25.3 Å². The molecule has 3 aliphatic heterocycles. The molecule has 4 rings (SSSR count). The van der Waals surface area contributed by atoms with Gasteiger partial charge in [0.1, 0.15) is 0 Å². The number of nitrogens with zero attached hydrogens (tertiary/aromatic N) is 3. The fourth-order valence-corrected chi connectivity index (χ4v) is 4.49. The van der Waals surface area contributed by atoms with Crippen LogP contribution in [0.25, 0.3) is 0 Å². The first kappa shape index (κ1) is 19.6. The van der Waals surface area contributed by atoms with Crippen LogP contribution < -0.4 is 9.47 Å². The largest absolute Gasteiger partial charge is 0.454 e.